The van der Waals surface area contributed by atoms with Gasteiger partial charge >= 0.3 is 0 Å². The number of hydrogen-bond acceptors (Lipinski definition) is 3. The second-order valence-corrected chi connectivity index (χ2v) is 8.33. The lowest BCUT2D eigenvalue weighted by Gasteiger charge is -2.18. The Morgan fingerprint density at radius 3 is 2.16 bits per heavy atom. The molecule has 6 heteroatoms. The molecule has 1 N–H and O–H groups in total. The van der Waals surface area contributed by atoms with E-state index < -0.39 is 16.1 Å². The molecule has 0 aromatic heterocycles. The minimum absolute atomic E-state index is 0.177. The van der Waals surface area contributed by atoms with Crippen LogP contribution in [0.2, 0.25) is 0 Å². The smallest absolute Gasteiger partial charge is 0.245 e. The average Bonchev–Trinajstić information content (AvgIpc) is 2.87. The minimum atomic E-state index is -3.71. The molecular weight excluding hydrogens is 336 g/mol. The molecule has 1 aliphatic rings. The number of rotatable bonds is 4. The van der Waals surface area contributed by atoms with Crippen LogP contribution in [0.15, 0.2) is 47.4 Å². The standard InChI is InChI=1S/C19H22N2O3S/c1-13-4-6-17(7-5-13)25(23,24)20-18-8-9-21(19(18)22)16-11-14(2)10-15(3)12-16/h4-7,10-12,18,20H,8-9H2,1-3H3. The number of hydrogen-bond donors (Lipinski definition) is 1. The Labute approximate surface area is 148 Å². The van der Waals surface area contributed by atoms with Crippen molar-refractivity contribution in [3.8, 4) is 0 Å². The van der Waals surface area contributed by atoms with E-state index in [4.69, 9.17) is 0 Å². The molecule has 25 heavy (non-hydrogen) atoms. The number of nitrogens with zero attached hydrogens (tertiary/aromatic N) is 1. The lowest BCUT2D eigenvalue weighted by Crippen LogP contribution is -2.41. The van der Waals surface area contributed by atoms with Gasteiger partial charge in [0, 0.05) is 12.2 Å². The fourth-order valence-electron chi connectivity index (χ4n) is 3.12. The maximum atomic E-state index is 12.7. The van der Waals surface area contributed by atoms with E-state index in [9.17, 15) is 13.2 Å². The van der Waals surface area contributed by atoms with Crippen LogP contribution in [0.5, 0.6) is 0 Å². The highest BCUT2D eigenvalue weighted by Gasteiger charge is 2.35. The Bertz CT molecular complexity index is 885. The van der Waals surface area contributed by atoms with Gasteiger partial charge in [-0.2, -0.15) is 4.72 Å². The summed E-state index contributed by atoms with van der Waals surface area (Å²) in [4.78, 5) is 14.5. The van der Waals surface area contributed by atoms with Crippen molar-refractivity contribution in [2.45, 2.75) is 38.1 Å². The van der Waals surface area contributed by atoms with Crippen molar-refractivity contribution in [2.75, 3.05) is 11.4 Å². The highest BCUT2D eigenvalue weighted by molar-refractivity contribution is 7.89. The lowest BCUT2D eigenvalue weighted by atomic mass is 10.1. The van der Waals surface area contributed by atoms with Gasteiger partial charge in [-0.15, -0.1) is 0 Å². The van der Waals surface area contributed by atoms with Gasteiger partial charge in [0.2, 0.25) is 15.9 Å². The summed E-state index contributed by atoms with van der Waals surface area (Å²) in [7, 11) is -3.71. The van der Waals surface area contributed by atoms with E-state index in [2.05, 4.69) is 4.72 Å². The van der Waals surface area contributed by atoms with Gasteiger partial charge in [0.1, 0.15) is 6.04 Å². The van der Waals surface area contributed by atoms with E-state index in [1.807, 2.05) is 39.0 Å². The topological polar surface area (TPSA) is 66.5 Å². The molecule has 1 heterocycles. The van der Waals surface area contributed by atoms with Gasteiger partial charge < -0.3 is 4.90 Å². The Morgan fingerprint density at radius 2 is 1.56 bits per heavy atom. The maximum absolute atomic E-state index is 12.7. The van der Waals surface area contributed by atoms with Gasteiger partial charge in [-0.05, 0) is 62.6 Å². The first kappa shape index (κ1) is 17.6. The van der Waals surface area contributed by atoms with Crippen LogP contribution >= 0.6 is 0 Å². The number of carbonyl (C=O) groups excluding carboxylic acids is 1. The first-order valence-electron chi connectivity index (χ1n) is 8.25. The summed E-state index contributed by atoms with van der Waals surface area (Å²) in [6.07, 6.45) is 0.455. The normalized spacial score (nSPS) is 18.0. The zero-order valence-electron chi connectivity index (χ0n) is 14.6. The maximum Gasteiger partial charge on any atom is 0.245 e. The van der Waals surface area contributed by atoms with Crippen LogP contribution in [0.3, 0.4) is 0 Å². The molecule has 1 fully saturated rings. The number of anilines is 1. The first-order chi connectivity index (χ1) is 11.8. The summed E-state index contributed by atoms with van der Waals surface area (Å²) in [6, 6.07) is 11.8. The predicted molar refractivity (Wildman–Crippen MR) is 98.2 cm³/mol. The Balaban J connectivity index is 1.79. The number of carbonyl (C=O) groups is 1. The van der Waals surface area contributed by atoms with Gasteiger partial charge in [-0.25, -0.2) is 8.42 Å². The van der Waals surface area contributed by atoms with E-state index in [1.54, 1.807) is 29.2 Å². The van der Waals surface area contributed by atoms with Crippen molar-refractivity contribution >= 4 is 21.6 Å². The molecule has 0 bridgehead atoms. The molecule has 5 nitrogen and oxygen atoms in total. The van der Waals surface area contributed by atoms with Crippen LogP contribution in [-0.4, -0.2) is 26.9 Å². The van der Waals surface area contributed by atoms with Crippen molar-refractivity contribution in [2.24, 2.45) is 0 Å². The van der Waals surface area contributed by atoms with E-state index in [-0.39, 0.29) is 10.8 Å². The molecule has 1 saturated heterocycles. The second kappa shape index (κ2) is 6.61. The van der Waals surface area contributed by atoms with Gasteiger partial charge in [-0.1, -0.05) is 23.8 Å². The second-order valence-electron chi connectivity index (χ2n) is 6.61. The van der Waals surface area contributed by atoms with E-state index in [0.717, 1.165) is 22.4 Å². The van der Waals surface area contributed by atoms with Crippen LogP contribution in [0.4, 0.5) is 5.69 Å². The van der Waals surface area contributed by atoms with Crippen molar-refractivity contribution in [3.63, 3.8) is 0 Å². The molecule has 2 aromatic carbocycles. The van der Waals surface area contributed by atoms with E-state index in [0.29, 0.717) is 13.0 Å². The molecule has 0 spiro atoms. The summed E-state index contributed by atoms with van der Waals surface area (Å²) >= 11 is 0. The van der Waals surface area contributed by atoms with Crippen molar-refractivity contribution in [1.82, 2.24) is 4.72 Å². The molecule has 1 aliphatic heterocycles. The number of nitrogens with one attached hydrogen (secondary N) is 1. The number of benzene rings is 2. The quantitative estimate of drug-likeness (QED) is 0.914. The molecule has 0 saturated carbocycles. The Kier molecular flexibility index (Phi) is 4.67. The molecule has 1 unspecified atom stereocenters. The average molecular weight is 358 g/mol. The third-order valence-corrected chi connectivity index (χ3v) is 5.84. The van der Waals surface area contributed by atoms with Crippen LogP contribution in [-0.2, 0) is 14.8 Å². The number of aryl methyl sites for hydroxylation is 3. The van der Waals surface area contributed by atoms with Crippen LogP contribution in [0.25, 0.3) is 0 Å². The SMILES string of the molecule is Cc1ccc(S(=O)(=O)NC2CCN(c3cc(C)cc(C)c3)C2=O)cc1. The minimum Gasteiger partial charge on any atom is -0.311 e. The van der Waals surface area contributed by atoms with Gasteiger partial charge in [0.15, 0.2) is 0 Å². The van der Waals surface area contributed by atoms with Crippen molar-refractivity contribution < 1.29 is 13.2 Å². The molecule has 0 radical (unpaired) electrons. The predicted octanol–water partition coefficient (Wildman–Crippen LogP) is 2.70. The largest absolute Gasteiger partial charge is 0.311 e. The summed E-state index contributed by atoms with van der Waals surface area (Å²) in [5.74, 6) is -0.208. The lowest BCUT2D eigenvalue weighted by molar-refractivity contribution is -0.118. The highest BCUT2D eigenvalue weighted by atomic mass is 32.2. The summed E-state index contributed by atoms with van der Waals surface area (Å²) in [5, 5.41) is 0. The van der Waals surface area contributed by atoms with E-state index in [1.165, 1.54) is 0 Å². The molecule has 1 amide bonds. The Hall–Kier alpha value is -2.18. The molecule has 132 valence electrons. The number of amides is 1. The van der Waals surface area contributed by atoms with Crippen LogP contribution in [0.1, 0.15) is 23.1 Å². The fourth-order valence-corrected chi connectivity index (χ4v) is 4.35. The summed E-state index contributed by atoms with van der Waals surface area (Å²) in [6.45, 7) is 6.36. The number of sulfonamides is 1. The Morgan fingerprint density at radius 1 is 0.960 bits per heavy atom. The molecule has 1 atom stereocenters. The summed E-state index contributed by atoms with van der Waals surface area (Å²) < 4.78 is 27.6. The van der Waals surface area contributed by atoms with Gasteiger partial charge in [0.05, 0.1) is 4.90 Å². The summed E-state index contributed by atoms with van der Waals surface area (Å²) in [5.41, 5.74) is 3.95. The zero-order chi connectivity index (χ0) is 18.2. The third-order valence-electron chi connectivity index (χ3n) is 4.35. The monoisotopic (exact) mass is 358 g/mol. The van der Waals surface area contributed by atoms with Crippen molar-refractivity contribution in [1.29, 1.82) is 0 Å². The molecular formula is C19H22N2O3S. The molecule has 2 aromatic rings. The third kappa shape index (κ3) is 3.75. The van der Waals surface area contributed by atoms with E-state index >= 15 is 0 Å². The van der Waals surface area contributed by atoms with Gasteiger partial charge in [0.25, 0.3) is 0 Å². The van der Waals surface area contributed by atoms with Crippen LogP contribution in [0, 0.1) is 20.8 Å². The molecule has 3 rings (SSSR count). The first-order valence-corrected chi connectivity index (χ1v) is 9.73. The van der Waals surface area contributed by atoms with Crippen LogP contribution < -0.4 is 9.62 Å². The van der Waals surface area contributed by atoms with Gasteiger partial charge in [-0.3, -0.25) is 4.79 Å². The zero-order valence-corrected chi connectivity index (χ0v) is 15.4. The fraction of sp³-hybridized carbons (Fsp3) is 0.316. The van der Waals surface area contributed by atoms with Crippen molar-refractivity contribution in [3.05, 3.63) is 59.2 Å². The molecule has 0 aliphatic carbocycles. The highest BCUT2D eigenvalue weighted by Crippen LogP contribution is 2.25.